The van der Waals surface area contributed by atoms with Gasteiger partial charge in [-0.15, -0.1) is 0 Å². The van der Waals surface area contributed by atoms with E-state index in [1.54, 1.807) is 18.4 Å². The van der Waals surface area contributed by atoms with Crippen LogP contribution in [-0.2, 0) is 6.42 Å². The zero-order chi connectivity index (χ0) is 18.4. The number of rotatable bonds is 2. The molecular weight excluding hydrogens is 344 g/mol. The van der Waals surface area contributed by atoms with Crippen molar-refractivity contribution in [1.82, 2.24) is 0 Å². The van der Waals surface area contributed by atoms with Crippen LogP contribution in [0.4, 0.5) is 0 Å². The lowest BCUT2D eigenvalue weighted by molar-refractivity contribution is 0.297. The molecule has 0 radical (unpaired) electrons. The summed E-state index contributed by atoms with van der Waals surface area (Å²) in [6.07, 6.45) is 3.35. The van der Waals surface area contributed by atoms with Crippen LogP contribution < -0.4 is 15.1 Å². The van der Waals surface area contributed by atoms with Gasteiger partial charge in [-0.2, -0.15) is 0 Å². The molecule has 2 aromatic heterocycles. The largest absolute Gasteiger partial charge is 0.490 e. The van der Waals surface area contributed by atoms with Crippen LogP contribution in [0.1, 0.15) is 18.9 Å². The predicted octanol–water partition coefficient (Wildman–Crippen LogP) is 4.93. The van der Waals surface area contributed by atoms with Crippen LogP contribution in [0, 0.1) is 0 Å². The lowest BCUT2D eigenvalue weighted by atomic mass is 10.0. The van der Waals surface area contributed by atoms with Gasteiger partial charge in [-0.3, -0.25) is 0 Å². The molecule has 0 spiro atoms. The number of hydrogen-bond acceptors (Lipinski definition) is 5. The van der Waals surface area contributed by atoms with Crippen LogP contribution in [0.15, 0.2) is 56.3 Å². The summed E-state index contributed by atoms with van der Waals surface area (Å²) < 4.78 is 22.7. The van der Waals surface area contributed by atoms with Crippen LogP contribution in [-0.4, -0.2) is 13.2 Å². The Morgan fingerprint density at radius 1 is 0.926 bits per heavy atom. The zero-order valence-corrected chi connectivity index (χ0v) is 14.9. The second kappa shape index (κ2) is 6.20. The third kappa shape index (κ3) is 2.67. The molecule has 1 aliphatic heterocycles. The third-order valence-corrected chi connectivity index (χ3v) is 4.96. The van der Waals surface area contributed by atoms with E-state index in [9.17, 15) is 4.79 Å². The van der Waals surface area contributed by atoms with Gasteiger partial charge < -0.3 is 18.3 Å². The summed E-state index contributed by atoms with van der Waals surface area (Å²) in [5.74, 6) is 1.52. The maximum absolute atomic E-state index is 11.8. The minimum Gasteiger partial charge on any atom is -0.490 e. The Hall–Kier alpha value is -3.21. The van der Waals surface area contributed by atoms with Crippen molar-refractivity contribution in [2.24, 2.45) is 0 Å². The molecule has 0 aliphatic carbocycles. The fraction of sp³-hybridized carbons (Fsp3) is 0.227. The molecule has 1 aliphatic rings. The van der Waals surface area contributed by atoms with Crippen LogP contribution in [0.5, 0.6) is 11.5 Å². The Kier molecular flexibility index (Phi) is 3.67. The summed E-state index contributed by atoms with van der Waals surface area (Å²) >= 11 is 0. The molecule has 0 unspecified atom stereocenters. The summed E-state index contributed by atoms with van der Waals surface area (Å²) in [4.78, 5) is 11.8. The third-order valence-electron chi connectivity index (χ3n) is 4.96. The van der Waals surface area contributed by atoms with Gasteiger partial charge in [-0.1, -0.05) is 13.0 Å². The van der Waals surface area contributed by atoms with Crippen molar-refractivity contribution in [3.63, 3.8) is 0 Å². The SMILES string of the molecule is CCc1cc(=O)oc2cc3occ(-c4ccc5c(c4)OCCCO5)c3cc12. The van der Waals surface area contributed by atoms with E-state index in [-0.39, 0.29) is 5.63 Å². The summed E-state index contributed by atoms with van der Waals surface area (Å²) in [6, 6.07) is 11.3. The molecule has 0 saturated heterocycles. The van der Waals surface area contributed by atoms with Crippen molar-refractivity contribution >= 4 is 21.9 Å². The highest BCUT2D eigenvalue weighted by molar-refractivity contribution is 6.02. The lowest BCUT2D eigenvalue weighted by Gasteiger charge is -2.09. The Morgan fingerprint density at radius 2 is 1.78 bits per heavy atom. The first-order valence-electron chi connectivity index (χ1n) is 9.11. The quantitative estimate of drug-likeness (QED) is 0.473. The molecule has 27 heavy (non-hydrogen) atoms. The Labute approximate surface area is 155 Å². The maximum atomic E-state index is 11.8. The zero-order valence-electron chi connectivity index (χ0n) is 14.9. The molecule has 5 rings (SSSR count). The van der Waals surface area contributed by atoms with E-state index in [0.717, 1.165) is 51.8 Å². The van der Waals surface area contributed by atoms with Crippen LogP contribution >= 0.6 is 0 Å². The number of aryl methyl sites for hydroxylation is 1. The van der Waals surface area contributed by atoms with E-state index < -0.39 is 0 Å². The van der Waals surface area contributed by atoms with E-state index in [1.165, 1.54) is 0 Å². The first-order valence-corrected chi connectivity index (χ1v) is 9.11. The minimum absolute atomic E-state index is 0.339. The van der Waals surface area contributed by atoms with E-state index >= 15 is 0 Å². The molecule has 5 nitrogen and oxygen atoms in total. The topological polar surface area (TPSA) is 61.8 Å². The molecule has 0 bridgehead atoms. The predicted molar refractivity (Wildman–Crippen MR) is 103 cm³/mol. The minimum atomic E-state index is -0.339. The summed E-state index contributed by atoms with van der Waals surface area (Å²) in [5, 5.41) is 1.90. The first-order chi connectivity index (χ1) is 13.2. The molecule has 0 saturated carbocycles. The highest BCUT2D eigenvalue weighted by Gasteiger charge is 2.16. The lowest BCUT2D eigenvalue weighted by Crippen LogP contribution is -1.99. The number of benzene rings is 2. The van der Waals surface area contributed by atoms with Crippen molar-refractivity contribution in [2.45, 2.75) is 19.8 Å². The number of hydrogen-bond donors (Lipinski definition) is 0. The molecule has 5 heteroatoms. The Balaban J connectivity index is 1.71. The van der Waals surface area contributed by atoms with Gasteiger partial charge in [0.15, 0.2) is 11.5 Å². The second-order valence-corrected chi connectivity index (χ2v) is 6.65. The summed E-state index contributed by atoms with van der Waals surface area (Å²) in [7, 11) is 0. The highest BCUT2D eigenvalue weighted by Crippen LogP contribution is 2.38. The number of fused-ring (bicyclic) bond motifs is 3. The fourth-order valence-electron chi connectivity index (χ4n) is 3.60. The van der Waals surface area contributed by atoms with Gasteiger partial charge in [0.1, 0.15) is 11.2 Å². The van der Waals surface area contributed by atoms with Gasteiger partial charge in [0.25, 0.3) is 0 Å². The van der Waals surface area contributed by atoms with E-state index in [4.69, 9.17) is 18.3 Å². The highest BCUT2D eigenvalue weighted by atomic mass is 16.5. The molecule has 2 aromatic carbocycles. The molecule has 0 N–H and O–H groups in total. The average Bonchev–Trinajstić information content (AvgIpc) is 2.93. The Bertz CT molecular complexity index is 1210. The molecular formula is C22H18O5. The van der Waals surface area contributed by atoms with Gasteiger partial charge in [-0.05, 0) is 35.7 Å². The standard InChI is InChI=1S/C22H18O5/c1-2-13-9-22(23)27-20-11-19-16(10-15(13)20)17(12-26-19)14-4-5-18-21(8-14)25-7-3-6-24-18/h4-5,8-12H,2-3,6-7H2,1H3. The van der Waals surface area contributed by atoms with Crippen molar-refractivity contribution in [3.8, 4) is 22.6 Å². The molecule has 3 heterocycles. The van der Waals surface area contributed by atoms with Crippen LogP contribution in [0.2, 0.25) is 0 Å². The van der Waals surface area contributed by atoms with E-state index in [0.29, 0.717) is 24.4 Å². The number of ether oxygens (including phenoxy) is 2. The normalized spacial score (nSPS) is 13.8. The number of furan rings is 1. The Morgan fingerprint density at radius 3 is 2.63 bits per heavy atom. The molecule has 0 atom stereocenters. The molecule has 4 aromatic rings. The average molecular weight is 362 g/mol. The van der Waals surface area contributed by atoms with E-state index in [2.05, 4.69) is 0 Å². The molecule has 0 fully saturated rings. The van der Waals surface area contributed by atoms with Crippen molar-refractivity contribution in [3.05, 3.63) is 58.6 Å². The molecule has 0 amide bonds. The van der Waals surface area contributed by atoms with Gasteiger partial charge >= 0.3 is 5.63 Å². The first kappa shape index (κ1) is 16.0. The smallest absolute Gasteiger partial charge is 0.336 e. The van der Waals surface area contributed by atoms with Gasteiger partial charge in [0.05, 0.1) is 19.5 Å². The van der Waals surface area contributed by atoms with Gasteiger partial charge in [-0.25, -0.2) is 4.79 Å². The molecule has 136 valence electrons. The van der Waals surface area contributed by atoms with Crippen LogP contribution in [0.25, 0.3) is 33.1 Å². The van der Waals surface area contributed by atoms with Gasteiger partial charge in [0, 0.05) is 34.9 Å². The maximum Gasteiger partial charge on any atom is 0.336 e. The van der Waals surface area contributed by atoms with Crippen molar-refractivity contribution in [1.29, 1.82) is 0 Å². The van der Waals surface area contributed by atoms with Crippen LogP contribution in [0.3, 0.4) is 0 Å². The summed E-state index contributed by atoms with van der Waals surface area (Å²) in [6.45, 7) is 3.34. The fourth-order valence-corrected chi connectivity index (χ4v) is 3.60. The van der Waals surface area contributed by atoms with Crippen molar-refractivity contribution < 1.29 is 18.3 Å². The van der Waals surface area contributed by atoms with E-state index in [1.807, 2.05) is 31.2 Å². The van der Waals surface area contributed by atoms with Crippen molar-refractivity contribution in [2.75, 3.05) is 13.2 Å². The monoisotopic (exact) mass is 362 g/mol. The van der Waals surface area contributed by atoms with Gasteiger partial charge in [0.2, 0.25) is 0 Å². The summed E-state index contributed by atoms with van der Waals surface area (Å²) in [5.41, 5.74) is 3.82. The second-order valence-electron chi connectivity index (χ2n) is 6.65.